The first-order valence-electron chi connectivity index (χ1n) is 8.49. The summed E-state index contributed by atoms with van der Waals surface area (Å²) < 4.78 is 14.6. The van der Waals surface area contributed by atoms with Gasteiger partial charge in [0.2, 0.25) is 4.77 Å². The molecule has 0 saturated carbocycles. The van der Waals surface area contributed by atoms with Crippen molar-refractivity contribution >= 4 is 28.1 Å². The summed E-state index contributed by atoms with van der Waals surface area (Å²) in [5, 5.41) is 7.20. The molecule has 8 heteroatoms. The Morgan fingerprint density at radius 3 is 2.74 bits per heavy atom. The molecule has 0 spiro atoms. The molecular weight excluding hydrogens is 428 g/mol. The first-order chi connectivity index (χ1) is 13.0. The van der Waals surface area contributed by atoms with Gasteiger partial charge in [-0.05, 0) is 56.4 Å². The van der Waals surface area contributed by atoms with Crippen LogP contribution in [0.2, 0.25) is 0 Å². The van der Waals surface area contributed by atoms with Crippen LogP contribution in [0.1, 0.15) is 19.4 Å². The van der Waals surface area contributed by atoms with Gasteiger partial charge >= 0.3 is 0 Å². The van der Waals surface area contributed by atoms with E-state index in [2.05, 4.69) is 31.6 Å². The van der Waals surface area contributed by atoms with E-state index in [1.807, 2.05) is 56.3 Å². The minimum atomic E-state index is 0.0881. The predicted octanol–water partition coefficient (Wildman–Crippen LogP) is 4.91. The second-order valence-corrected chi connectivity index (χ2v) is 7.44. The standard InChI is InChI=1S/C19H21BrN4O2S/c1-12(2)26-16-9-8-14(20)10-13(16)11-21-24-18(22-23-19(24)27)15-6-4-5-7-17(15)25-3/h4-10,12,21H,11H2,1-3H3,(H,23,27). The van der Waals surface area contributed by atoms with Crippen LogP contribution in [0.25, 0.3) is 11.4 Å². The van der Waals surface area contributed by atoms with Crippen molar-refractivity contribution in [1.82, 2.24) is 14.9 Å². The zero-order valence-electron chi connectivity index (χ0n) is 15.3. The average molecular weight is 449 g/mol. The molecule has 3 rings (SSSR count). The Kier molecular flexibility index (Phi) is 6.18. The Hall–Kier alpha value is -2.32. The molecule has 0 aliphatic rings. The fourth-order valence-electron chi connectivity index (χ4n) is 2.67. The molecule has 27 heavy (non-hydrogen) atoms. The number of nitrogens with zero attached hydrogens (tertiary/aromatic N) is 2. The molecule has 0 fully saturated rings. The third kappa shape index (κ3) is 4.51. The van der Waals surface area contributed by atoms with Gasteiger partial charge in [-0.2, -0.15) is 5.10 Å². The molecule has 0 radical (unpaired) electrons. The number of hydrogen-bond acceptors (Lipinski definition) is 5. The highest BCUT2D eigenvalue weighted by atomic mass is 79.9. The summed E-state index contributed by atoms with van der Waals surface area (Å²) in [5.74, 6) is 2.20. The van der Waals surface area contributed by atoms with Gasteiger partial charge in [-0.15, -0.1) is 0 Å². The smallest absolute Gasteiger partial charge is 0.214 e. The first-order valence-corrected chi connectivity index (χ1v) is 9.69. The topological polar surface area (TPSA) is 64.1 Å². The van der Waals surface area contributed by atoms with E-state index in [9.17, 15) is 0 Å². The van der Waals surface area contributed by atoms with E-state index < -0.39 is 0 Å². The first kappa shape index (κ1) is 19.4. The highest BCUT2D eigenvalue weighted by Gasteiger charge is 2.14. The van der Waals surface area contributed by atoms with Crippen LogP contribution in [0.15, 0.2) is 46.9 Å². The molecule has 3 aromatic rings. The molecule has 1 aromatic heterocycles. The van der Waals surface area contributed by atoms with E-state index in [0.717, 1.165) is 27.1 Å². The number of rotatable bonds is 7. The maximum Gasteiger partial charge on any atom is 0.214 e. The highest BCUT2D eigenvalue weighted by molar-refractivity contribution is 9.10. The Bertz CT molecular complexity index is 984. The molecule has 6 nitrogen and oxygen atoms in total. The molecule has 0 aliphatic heterocycles. The van der Waals surface area contributed by atoms with Gasteiger partial charge in [-0.25, -0.2) is 9.77 Å². The van der Waals surface area contributed by atoms with E-state index in [1.165, 1.54) is 0 Å². The fourth-order valence-corrected chi connectivity index (χ4v) is 3.28. The number of halogens is 1. The van der Waals surface area contributed by atoms with Gasteiger partial charge in [0, 0.05) is 10.0 Å². The summed E-state index contributed by atoms with van der Waals surface area (Å²) >= 11 is 8.92. The van der Waals surface area contributed by atoms with E-state index in [-0.39, 0.29) is 6.10 Å². The van der Waals surface area contributed by atoms with Gasteiger partial charge in [0.25, 0.3) is 0 Å². The number of aromatic amines is 1. The fraction of sp³-hybridized carbons (Fsp3) is 0.263. The van der Waals surface area contributed by atoms with E-state index in [0.29, 0.717) is 17.1 Å². The normalized spacial score (nSPS) is 10.9. The molecule has 0 unspecified atom stereocenters. The summed E-state index contributed by atoms with van der Waals surface area (Å²) in [4.78, 5) is 0. The van der Waals surface area contributed by atoms with Gasteiger partial charge in [-0.3, -0.25) is 0 Å². The minimum absolute atomic E-state index is 0.0881. The lowest BCUT2D eigenvalue weighted by Crippen LogP contribution is -2.17. The average Bonchev–Trinajstić information content (AvgIpc) is 3.02. The molecule has 142 valence electrons. The molecule has 0 amide bonds. The lowest BCUT2D eigenvalue weighted by Gasteiger charge is -2.17. The van der Waals surface area contributed by atoms with Crippen molar-refractivity contribution in [1.29, 1.82) is 0 Å². The molecule has 2 N–H and O–H groups in total. The second kappa shape index (κ2) is 8.58. The Morgan fingerprint density at radius 1 is 1.22 bits per heavy atom. The number of nitrogens with one attached hydrogen (secondary N) is 2. The molecule has 0 bridgehead atoms. The molecule has 2 aromatic carbocycles. The van der Waals surface area contributed by atoms with Crippen molar-refractivity contribution in [2.75, 3.05) is 12.5 Å². The number of H-pyrrole nitrogens is 1. The van der Waals surface area contributed by atoms with Gasteiger partial charge in [0.05, 0.1) is 25.3 Å². The zero-order valence-corrected chi connectivity index (χ0v) is 17.7. The maximum absolute atomic E-state index is 5.91. The van der Waals surface area contributed by atoms with Crippen molar-refractivity contribution in [3.63, 3.8) is 0 Å². The molecule has 0 saturated heterocycles. The third-order valence-electron chi connectivity index (χ3n) is 3.83. The summed E-state index contributed by atoms with van der Waals surface area (Å²) in [6.07, 6.45) is 0.0881. The number of hydrogen-bond donors (Lipinski definition) is 2. The number of para-hydroxylation sites is 1. The molecular formula is C19H21BrN4O2S. The number of aromatic nitrogens is 3. The van der Waals surface area contributed by atoms with Crippen molar-refractivity contribution in [2.45, 2.75) is 26.5 Å². The molecule has 1 heterocycles. The second-order valence-electron chi connectivity index (χ2n) is 6.14. The van der Waals surface area contributed by atoms with Crippen molar-refractivity contribution in [2.24, 2.45) is 0 Å². The Labute approximate surface area is 171 Å². The van der Waals surface area contributed by atoms with Gasteiger partial charge in [0.15, 0.2) is 5.82 Å². The lowest BCUT2D eigenvalue weighted by molar-refractivity contribution is 0.240. The monoisotopic (exact) mass is 448 g/mol. The van der Waals surface area contributed by atoms with Gasteiger partial charge in [-0.1, -0.05) is 28.1 Å². The van der Waals surface area contributed by atoms with Crippen LogP contribution < -0.4 is 14.9 Å². The minimum Gasteiger partial charge on any atom is -0.496 e. The quantitative estimate of drug-likeness (QED) is 0.502. The SMILES string of the molecule is COc1ccccc1-c1n[nH]c(=S)n1NCc1cc(Br)ccc1OC(C)C. The van der Waals surface area contributed by atoms with Crippen LogP contribution in [0.5, 0.6) is 11.5 Å². The number of benzene rings is 2. The van der Waals surface area contributed by atoms with Gasteiger partial charge in [0.1, 0.15) is 11.5 Å². The van der Waals surface area contributed by atoms with Crippen LogP contribution in [-0.4, -0.2) is 28.1 Å². The van der Waals surface area contributed by atoms with Gasteiger partial charge < -0.3 is 14.9 Å². The highest BCUT2D eigenvalue weighted by Crippen LogP contribution is 2.28. The van der Waals surface area contributed by atoms with Crippen LogP contribution in [0.4, 0.5) is 0 Å². The summed E-state index contributed by atoms with van der Waals surface area (Å²) in [5.41, 5.74) is 5.18. The van der Waals surface area contributed by atoms with E-state index in [1.54, 1.807) is 11.8 Å². The predicted molar refractivity (Wildman–Crippen MR) is 112 cm³/mol. The zero-order chi connectivity index (χ0) is 19.4. The Morgan fingerprint density at radius 2 is 2.00 bits per heavy atom. The largest absolute Gasteiger partial charge is 0.496 e. The van der Waals surface area contributed by atoms with Crippen LogP contribution in [0.3, 0.4) is 0 Å². The summed E-state index contributed by atoms with van der Waals surface area (Å²) in [7, 11) is 1.63. The summed E-state index contributed by atoms with van der Waals surface area (Å²) in [6, 6.07) is 13.6. The molecule has 0 atom stereocenters. The third-order valence-corrected chi connectivity index (χ3v) is 4.60. The van der Waals surface area contributed by atoms with E-state index in [4.69, 9.17) is 21.7 Å². The van der Waals surface area contributed by atoms with E-state index >= 15 is 0 Å². The van der Waals surface area contributed by atoms with Crippen molar-refractivity contribution < 1.29 is 9.47 Å². The maximum atomic E-state index is 5.91. The molecule has 0 aliphatic carbocycles. The van der Waals surface area contributed by atoms with Crippen LogP contribution in [-0.2, 0) is 6.54 Å². The number of ether oxygens (including phenoxy) is 2. The van der Waals surface area contributed by atoms with Crippen molar-refractivity contribution in [3.8, 4) is 22.9 Å². The number of methoxy groups -OCH3 is 1. The summed E-state index contributed by atoms with van der Waals surface area (Å²) in [6.45, 7) is 4.52. The lowest BCUT2D eigenvalue weighted by atomic mass is 10.2. The van der Waals surface area contributed by atoms with Crippen LogP contribution >= 0.6 is 28.1 Å². The van der Waals surface area contributed by atoms with Crippen LogP contribution in [0, 0.1) is 4.77 Å². The Balaban J connectivity index is 1.91. The van der Waals surface area contributed by atoms with Crippen molar-refractivity contribution in [3.05, 3.63) is 57.3 Å².